The van der Waals surface area contributed by atoms with Crippen molar-refractivity contribution in [3.8, 4) is 0 Å². The highest BCUT2D eigenvalue weighted by atomic mass is 35.5. The predicted molar refractivity (Wildman–Crippen MR) is 72.5 cm³/mol. The molecule has 2 fully saturated rings. The average molecular weight is 261 g/mol. The fourth-order valence-corrected chi connectivity index (χ4v) is 2.63. The van der Waals surface area contributed by atoms with Crippen molar-refractivity contribution in [2.75, 3.05) is 7.05 Å². The van der Waals surface area contributed by atoms with Crippen LogP contribution in [0, 0.1) is 0 Å². The molecule has 0 spiro atoms. The molecular weight excluding hydrogens is 236 g/mol. The Kier molecular flexibility index (Phi) is 5.74. The van der Waals surface area contributed by atoms with Crippen LogP contribution in [0.15, 0.2) is 0 Å². The third-order valence-corrected chi connectivity index (χ3v) is 3.90. The van der Waals surface area contributed by atoms with Crippen LogP contribution in [0.3, 0.4) is 0 Å². The minimum absolute atomic E-state index is 0. The zero-order valence-electron chi connectivity index (χ0n) is 10.9. The number of rotatable bonds is 4. The molecular formula is C13H25ClN2O. The summed E-state index contributed by atoms with van der Waals surface area (Å²) in [4.78, 5) is 14.2. The standard InChI is InChI=1S/C13H24N2O.ClH/c1-10(14-11-8-9-11)13(16)15(2)12-6-4-3-5-7-12;/h10-12,14H,3-9H2,1-2H3;1H. The van der Waals surface area contributed by atoms with Crippen LogP contribution in [-0.4, -0.2) is 36.0 Å². The van der Waals surface area contributed by atoms with E-state index in [1.807, 2.05) is 18.9 Å². The van der Waals surface area contributed by atoms with Gasteiger partial charge in [-0.25, -0.2) is 0 Å². The Morgan fingerprint density at radius 2 is 1.76 bits per heavy atom. The third-order valence-electron chi connectivity index (χ3n) is 3.90. The quantitative estimate of drug-likeness (QED) is 0.842. The van der Waals surface area contributed by atoms with Gasteiger partial charge in [0.25, 0.3) is 0 Å². The summed E-state index contributed by atoms with van der Waals surface area (Å²) in [6, 6.07) is 1.10. The average Bonchev–Trinajstić information content (AvgIpc) is 3.12. The van der Waals surface area contributed by atoms with Gasteiger partial charge in [0.05, 0.1) is 6.04 Å². The zero-order valence-corrected chi connectivity index (χ0v) is 11.8. The Labute approximate surface area is 111 Å². The van der Waals surface area contributed by atoms with E-state index in [2.05, 4.69) is 5.32 Å². The van der Waals surface area contributed by atoms with Crippen LogP contribution in [0.5, 0.6) is 0 Å². The molecule has 2 rings (SSSR count). The first-order valence-electron chi connectivity index (χ1n) is 6.71. The number of carbonyl (C=O) groups excluding carboxylic acids is 1. The predicted octanol–water partition coefficient (Wildman–Crippen LogP) is 2.34. The van der Waals surface area contributed by atoms with Gasteiger partial charge >= 0.3 is 0 Å². The number of hydrogen-bond donors (Lipinski definition) is 1. The lowest BCUT2D eigenvalue weighted by atomic mass is 9.94. The molecule has 100 valence electrons. The maximum Gasteiger partial charge on any atom is 0.239 e. The second-order valence-electron chi connectivity index (χ2n) is 5.40. The van der Waals surface area contributed by atoms with Crippen molar-refractivity contribution in [1.29, 1.82) is 0 Å². The molecule has 0 aliphatic heterocycles. The lowest BCUT2D eigenvalue weighted by Gasteiger charge is -2.33. The van der Waals surface area contributed by atoms with Gasteiger partial charge in [0.1, 0.15) is 0 Å². The van der Waals surface area contributed by atoms with Crippen molar-refractivity contribution in [2.24, 2.45) is 0 Å². The second kappa shape index (κ2) is 6.60. The highest BCUT2D eigenvalue weighted by Crippen LogP contribution is 2.23. The van der Waals surface area contributed by atoms with Crippen LogP contribution in [0.2, 0.25) is 0 Å². The number of nitrogens with one attached hydrogen (secondary N) is 1. The molecule has 0 heterocycles. The van der Waals surface area contributed by atoms with Gasteiger partial charge in [-0.2, -0.15) is 0 Å². The Bertz CT molecular complexity index is 250. The maximum atomic E-state index is 12.2. The Balaban J connectivity index is 0.00000144. The molecule has 0 aromatic heterocycles. The highest BCUT2D eigenvalue weighted by Gasteiger charge is 2.29. The summed E-state index contributed by atoms with van der Waals surface area (Å²) >= 11 is 0. The van der Waals surface area contributed by atoms with Crippen molar-refractivity contribution in [3.05, 3.63) is 0 Å². The van der Waals surface area contributed by atoms with E-state index in [1.54, 1.807) is 0 Å². The van der Waals surface area contributed by atoms with Crippen molar-refractivity contribution < 1.29 is 4.79 Å². The molecule has 1 amide bonds. The summed E-state index contributed by atoms with van der Waals surface area (Å²) in [5.41, 5.74) is 0. The second-order valence-corrected chi connectivity index (χ2v) is 5.40. The summed E-state index contributed by atoms with van der Waals surface area (Å²) < 4.78 is 0. The van der Waals surface area contributed by atoms with E-state index in [9.17, 15) is 4.79 Å². The van der Waals surface area contributed by atoms with Crippen LogP contribution in [0.25, 0.3) is 0 Å². The molecule has 3 nitrogen and oxygen atoms in total. The molecule has 2 aliphatic carbocycles. The molecule has 0 radical (unpaired) electrons. The van der Waals surface area contributed by atoms with Gasteiger partial charge in [0.2, 0.25) is 5.91 Å². The van der Waals surface area contributed by atoms with Gasteiger partial charge in [-0.3, -0.25) is 4.79 Å². The molecule has 1 atom stereocenters. The lowest BCUT2D eigenvalue weighted by molar-refractivity contribution is -0.134. The van der Waals surface area contributed by atoms with Crippen LogP contribution in [0.1, 0.15) is 51.9 Å². The summed E-state index contributed by atoms with van der Waals surface area (Å²) in [6.45, 7) is 2.00. The Morgan fingerprint density at radius 1 is 1.18 bits per heavy atom. The topological polar surface area (TPSA) is 32.3 Å². The van der Waals surface area contributed by atoms with E-state index < -0.39 is 0 Å². The van der Waals surface area contributed by atoms with Gasteiger partial charge in [-0.05, 0) is 32.6 Å². The minimum Gasteiger partial charge on any atom is -0.341 e. The SMILES string of the molecule is CC(NC1CC1)C(=O)N(C)C1CCCCC1.Cl. The van der Waals surface area contributed by atoms with Gasteiger partial charge in [-0.15, -0.1) is 12.4 Å². The number of carbonyl (C=O) groups is 1. The molecule has 2 saturated carbocycles. The van der Waals surface area contributed by atoms with Gasteiger partial charge in [0, 0.05) is 19.1 Å². The number of hydrogen-bond acceptors (Lipinski definition) is 2. The lowest BCUT2D eigenvalue weighted by Crippen LogP contribution is -2.48. The van der Waals surface area contributed by atoms with E-state index >= 15 is 0 Å². The number of amides is 1. The minimum atomic E-state index is -0.000531. The van der Waals surface area contributed by atoms with Gasteiger partial charge in [0.15, 0.2) is 0 Å². The Morgan fingerprint density at radius 3 is 2.29 bits per heavy atom. The fourth-order valence-electron chi connectivity index (χ4n) is 2.63. The number of nitrogens with zero attached hydrogens (tertiary/aromatic N) is 1. The molecule has 0 bridgehead atoms. The molecule has 17 heavy (non-hydrogen) atoms. The van der Waals surface area contributed by atoms with E-state index in [4.69, 9.17) is 0 Å². The largest absolute Gasteiger partial charge is 0.341 e. The number of likely N-dealkylation sites (N-methyl/N-ethyl adjacent to an activating group) is 1. The van der Waals surface area contributed by atoms with Crippen molar-refractivity contribution >= 4 is 18.3 Å². The molecule has 4 heteroatoms. The fraction of sp³-hybridized carbons (Fsp3) is 0.923. The van der Waals surface area contributed by atoms with E-state index in [0.29, 0.717) is 12.1 Å². The van der Waals surface area contributed by atoms with Crippen LogP contribution in [0.4, 0.5) is 0 Å². The van der Waals surface area contributed by atoms with E-state index in [0.717, 1.165) is 0 Å². The summed E-state index contributed by atoms with van der Waals surface area (Å²) in [6.07, 6.45) is 8.78. The van der Waals surface area contributed by atoms with Crippen LogP contribution >= 0.6 is 12.4 Å². The first-order chi connectivity index (χ1) is 7.68. The van der Waals surface area contributed by atoms with Crippen LogP contribution in [-0.2, 0) is 4.79 Å². The third kappa shape index (κ3) is 4.14. The first-order valence-corrected chi connectivity index (χ1v) is 6.71. The number of halogens is 1. The molecule has 0 aromatic carbocycles. The van der Waals surface area contributed by atoms with Crippen molar-refractivity contribution in [3.63, 3.8) is 0 Å². The normalized spacial score (nSPS) is 22.7. The summed E-state index contributed by atoms with van der Waals surface area (Å²) in [5, 5.41) is 3.38. The molecule has 0 aromatic rings. The van der Waals surface area contributed by atoms with Gasteiger partial charge in [-0.1, -0.05) is 19.3 Å². The first kappa shape index (κ1) is 14.8. The zero-order chi connectivity index (χ0) is 11.5. The monoisotopic (exact) mass is 260 g/mol. The van der Waals surface area contributed by atoms with E-state index in [-0.39, 0.29) is 24.4 Å². The molecule has 1 N–H and O–H groups in total. The van der Waals surface area contributed by atoms with Crippen molar-refractivity contribution in [1.82, 2.24) is 10.2 Å². The Hall–Kier alpha value is -0.280. The molecule has 2 aliphatic rings. The van der Waals surface area contributed by atoms with Crippen LogP contribution < -0.4 is 5.32 Å². The van der Waals surface area contributed by atoms with Gasteiger partial charge < -0.3 is 10.2 Å². The molecule has 1 unspecified atom stereocenters. The highest BCUT2D eigenvalue weighted by molar-refractivity contribution is 5.85. The molecule has 0 saturated heterocycles. The smallest absolute Gasteiger partial charge is 0.239 e. The van der Waals surface area contributed by atoms with E-state index in [1.165, 1.54) is 44.9 Å². The van der Waals surface area contributed by atoms with Crippen molar-refractivity contribution in [2.45, 2.75) is 70.0 Å². The summed E-state index contributed by atoms with van der Waals surface area (Å²) in [5.74, 6) is 0.277. The maximum absolute atomic E-state index is 12.2. The summed E-state index contributed by atoms with van der Waals surface area (Å²) in [7, 11) is 1.98.